The van der Waals surface area contributed by atoms with Crippen LogP contribution in [0.1, 0.15) is 11.1 Å². The quantitative estimate of drug-likeness (QED) is 0.598. The van der Waals surface area contributed by atoms with Crippen molar-refractivity contribution in [2.75, 3.05) is 0 Å². The third-order valence-corrected chi connectivity index (χ3v) is 4.40. The van der Waals surface area contributed by atoms with E-state index in [-0.39, 0.29) is 17.9 Å². The highest BCUT2D eigenvalue weighted by Crippen LogP contribution is 2.24. The first-order valence-electron chi connectivity index (χ1n) is 7.24. The molecule has 0 radical (unpaired) electrons. The molecule has 3 aromatic rings. The fourth-order valence-electron chi connectivity index (χ4n) is 2.43. The van der Waals surface area contributed by atoms with Crippen molar-refractivity contribution in [2.45, 2.75) is 19.8 Å². The van der Waals surface area contributed by atoms with E-state index in [2.05, 4.69) is 25.7 Å². The third-order valence-electron chi connectivity index (χ3n) is 3.60. The zero-order valence-electron chi connectivity index (χ0n) is 13.0. The van der Waals surface area contributed by atoms with Crippen molar-refractivity contribution < 1.29 is 17.9 Å². The van der Waals surface area contributed by atoms with Crippen LogP contribution in [0, 0.1) is 6.92 Å². The molecule has 4 nitrogen and oxygen atoms in total. The predicted molar refractivity (Wildman–Crippen MR) is 90.7 cm³/mol. The molecular formula is C17H12BrF3N2O2. The van der Waals surface area contributed by atoms with Gasteiger partial charge in [-0.2, -0.15) is 0 Å². The number of hydrogen-bond acceptors (Lipinski definition) is 3. The Kier molecular flexibility index (Phi) is 4.55. The van der Waals surface area contributed by atoms with Crippen molar-refractivity contribution in [3.05, 3.63) is 68.5 Å². The van der Waals surface area contributed by atoms with Gasteiger partial charge in [0.1, 0.15) is 10.4 Å². The van der Waals surface area contributed by atoms with Gasteiger partial charge in [-0.25, -0.2) is 4.98 Å². The lowest BCUT2D eigenvalue weighted by Crippen LogP contribution is -2.20. The zero-order chi connectivity index (χ0) is 18.2. The van der Waals surface area contributed by atoms with E-state index in [0.717, 1.165) is 5.56 Å². The summed E-state index contributed by atoms with van der Waals surface area (Å²) in [5, 5.41) is 0. The van der Waals surface area contributed by atoms with E-state index >= 15 is 0 Å². The summed E-state index contributed by atoms with van der Waals surface area (Å²) in [5.74, 6) is -0.303. The molecular weight excluding hydrogens is 401 g/mol. The summed E-state index contributed by atoms with van der Waals surface area (Å²) in [5.41, 5.74) is 2.63. The molecule has 0 unspecified atom stereocenters. The van der Waals surface area contributed by atoms with Crippen LogP contribution < -0.4 is 10.3 Å². The molecule has 130 valence electrons. The van der Waals surface area contributed by atoms with Crippen molar-refractivity contribution in [3.8, 4) is 5.75 Å². The van der Waals surface area contributed by atoms with E-state index in [0.29, 0.717) is 21.2 Å². The number of aryl methyl sites for hydroxylation is 1. The predicted octanol–water partition coefficient (Wildman–Crippen LogP) is 4.41. The molecule has 0 aliphatic heterocycles. The lowest BCUT2D eigenvalue weighted by molar-refractivity contribution is -0.274. The van der Waals surface area contributed by atoms with E-state index in [9.17, 15) is 18.0 Å². The van der Waals surface area contributed by atoms with Crippen LogP contribution >= 0.6 is 15.9 Å². The highest BCUT2D eigenvalue weighted by molar-refractivity contribution is 9.10. The highest BCUT2D eigenvalue weighted by atomic mass is 79.9. The minimum atomic E-state index is -4.73. The number of hydrogen-bond donors (Lipinski definition) is 0. The smallest absolute Gasteiger partial charge is 0.406 e. The van der Waals surface area contributed by atoms with Crippen LogP contribution in [-0.2, 0) is 6.54 Å². The normalized spacial score (nSPS) is 11.7. The van der Waals surface area contributed by atoms with Crippen molar-refractivity contribution in [1.82, 2.24) is 9.55 Å². The Morgan fingerprint density at radius 3 is 2.48 bits per heavy atom. The number of alkyl halides is 3. The Bertz CT molecular complexity index is 982. The largest absolute Gasteiger partial charge is 0.573 e. The molecule has 3 rings (SSSR count). The molecule has 0 fully saturated rings. The maximum Gasteiger partial charge on any atom is 0.573 e. The second-order valence-electron chi connectivity index (χ2n) is 5.45. The minimum Gasteiger partial charge on any atom is -0.406 e. The Balaban J connectivity index is 1.96. The summed E-state index contributed by atoms with van der Waals surface area (Å²) in [4.78, 5) is 16.6. The van der Waals surface area contributed by atoms with Gasteiger partial charge >= 0.3 is 6.36 Å². The van der Waals surface area contributed by atoms with E-state index in [1.807, 2.05) is 13.0 Å². The Labute approximate surface area is 149 Å². The Morgan fingerprint density at radius 2 is 1.84 bits per heavy atom. The zero-order valence-corrected chi connectivity index (χ0v) is 14.6. The van der Waals surface area contributed by atoms with Gasteiger partial charge in [-0.3, -0.25) is 4.79 Å². The van der Waals surface area contributed by atoms with E-state index < -0.39 is 6.36 Å². The second-order valence-corrected chi connectivity index (χ2v) is 6.20. The number of rotatable bonds is 3. The van der Waals surface area contributed by atoms with E-state index in [1.165, 1.54) is 34.9 Å². The van der Waals surface area contributed by atoms with Crippen LogP contribution in [0.15, 0.2) is 51.9 Å². The number of benzene rings is 1. The van der Waals surface area contributed by atoms with Crippen LogP contribution in [0.2, 0.25) is 0 Å². The molecule has 2 heterocycles. The van der Waals surface area contributed by atoms with E-state index in [4.69, 9.17) is 0 Å². The van der Waals surface area contributed by atoms with Gasteiger partial charge < -0.3 is 9.30 Å². The Morgan fingerprint density at radius 1 is 1.16 bits per heavy atom. The first-order chi connectivity index (χ1) is 11.7. The average molecular weight is 413 g/mol. The topological polar surface area (TPSA) is 44.1 Å². The molecule has 0 bridgehead atoms. The maximum absolute atomic E-state index is 12.2. The van der Waals surface area contributed by atoms with Gasteiger partial charge in [-0.15, -0.1) is 13.2 Å². The monoisotopic (exact) mass is 412 g/mol. The third kappa shape index (κ3) is 4.01. The van der Waals surface area contributed by atoms with Gasteiger partial charge in [0.05, 0.1) is 17.6 Å². The van der Waals surface area contributed by atoms with Crippen molar-refractivity contribution >= 4 is 27.0 Å². The molecule has 25 heavy (non-hydrogen) atoms. The molecule has 2 aromatic heterocycles. The number of nitrogens with zero attached hydrogens (tertiary/aromatic N) is 2. The summed E-state index contributed by atoms with van der Waals surface area (Å²) in [6, 6.07) is 10.3. The van der Waals surface area contributed by atoms with Crippen molar-refractivity contribution in [1.29, 1.82) is 0 Å². The van der Waals surface area contributed by atoms with Gasteiger partial charge in [0.15, 0.2) is 0 Å². The van der Waals surface area contributed by atoms with Gasteiger partial charge in [-0.05, 0) is 58.2 Å². The summed E-state index contributed by atoms with van der Waals surface area (Å²) < 4.78 is 42.7. The molecule has 0 saturated heterocycles. The summed E-state index contributed by atoms with van der Waals surface area (Å²) >= 11 is 3.35. The first kappa shape index (κ1) is 17.5. The fourth-order valence-corrected chi connectivity index (χ4v) is 2.74. The molecule has 0 aliphatic rings. The lowest BCUT2D eigenvalue weighted by Gasteiger charge is -2.12. The lowest BCUT2D eigenvalue weighted by atomic mass is 10.2. The number of ether oxygens (including phenoxy) is 1. The second kappa shape index (κ2) is 6.51. The fraction of sp³-hybridized carbons (Fsp3) is 0.176. The minimum absolute atomic E-state index is 0.214. The average Bonchev–Trinajstić information content (AvgIpc) is 2.52. The summed E-state index contributed by atoms with van der Waals surface area (Å²) in [6.45, 7) is 2.08. The van der Waals surface area contributed by atoms with Crippen LogP contribution in [0.5, 0.6) is 5.75 Å². The molecule has 1 aromatic carbocycles. The SMILES string of the molecule is Cc1cc2c(ccc(=O)n2Cc2ccc(OC(F)(F)F)cc2)nc1Br. The molecule has 8 heteroatoms. The van der Waals surface area contributed by atoms with Crippen LogP contribution in [0.4, 0.5) is 13.2 Å². The standard InChI is InChI=1S/C17H12BrF3N2O2/c1-10-8-14-13(22-16(10)18)6-7-15(24)23(14)9-11-2-4-12(5-3-11)25-17(19,20)21/h2-8H,9H2,1H3. The van der Waals surface area contributed by atoms with Crippen molar-refractivity contribution in [2.24, 2.45) is 0 Å². The maximum atomic E-state index is 12.2. The molecule has 0 amide bonds. The highest BCUT2D eigenvalue weighted by Gasteiger charge is 2.30. The number of fused-ring (bicyclic) bond motifs is 1. The van der Waals surface area contributed by atoms with Crippen LogP contribution in [0.25, 0.3) is 11.0 Å². The van der Waals surface area contributed by atoms with Gasteiger partial charge in [0.25, 0.3) is 5.56 Å². The van der Waals surface area contributed by atoms with Crippen LogP contribution in [0.3, 0.4) is 0 Å². The molecule has 0 N–H and O–H groups in total. The molecule has 0 saturated carbocycles. The first-order valence-corrected chi connectivity index (χ1v) is 8.03. The molecule has 0 atom stereocenters. The van der Waals surface area contributed by atoms with Crippen LogP contribution in [-0.4, -0.2) is 15.9 Å². The number of pyridine rings is 2. The molecule has 0 aliphatic carbocycles. The summed E-state index contributed by atoms with van der Waals surface area (Å²) in [7, 11) is 0. The number of halogens is 4. The number of aromatic nitrogens is 2. The van der Waals surface area contributed by atoms with Gasteiger partial charge in [0.2, 0.25) is 0 Å². The molecule has 0 spiro atoms. The summed E-state index contributed by atoms with van der Waals surface area (Å²) in [6.07, 6.45) is -4.73. The Hall–Kier alpha value is -2.35. The van der Waals surface area contributed by atoms with Gasteiger partial charge in [0, 0.05) is 6.07 Å². The van der Waals surface area contributed by atoms with E-state index in [1.54, 1.807) is 6.07 Å². The van der Waals surface area contributed by atoms with Crippen molar-refractivity contribution in [3.63, 3.8) is 0 Å². The van der Waals surface area contributed by atoms with Gasteiger partial charge in [-0.1, -0.05) is 12.1 Å².